The molecule has 0 bridgehead atoms. The van der Waals surface area contributed by atoms with Crippen molar-refractivity contribution in [2.24, 2.45) is 17.3 Å². The molecule has 0 N–H and O–H groups in total. The van der Waals surface area contributed by atoms with Gasteiger partial charge in [0.1, 0.15) is 0 Å². The summed E-state index contributed by atoms with van der Waals surface area (Å²) >= 11 is 3.41. The highest BCUT2D eigenvalue weighted by atomic mass is 79.9. The second-order valence-electron chi connectivity index (χ2n) is 5.26. The van der Waals surface area contributed by atoms with Crippen molar-refractivity contribution in [3.63, 3.8) is 0 Å². The number of esters is 1. The number of methoxy groups -OCH3 is 1. The van der Waals surface area contributed by atoms with Gasteiger partial charge in [-0.3, -0.25) is 4.79 Å². The van der Waals surface area contributed by atoms with E-state index in [1.807, 2.05) is 24.3 Å². The van der Waals surface area contributed by atoms with Crippen LogP contribution >= 0.6 is 15.9 Å². The molecule has 3 heteroatoms. The minimum Gasteiger partial charge on any atom is -0.469 e. The number of benzene rings is 1. The SMILES string of the molecule is COC(=O)[C@H]1[C@H](/C=C\c2ccc(Br)cc2)C1(C)C. The maximum atomic E-state index is 11.6. The molecule has 1 aliphatic carbocycles. The van der Waals surface area contributed by atoms with Gasteiger partial charge >= 0.3 is 5.97 Å². The van der Waals surface area contributed by atoms with Crippen molar-refractivity contribution < 1.29 is 9.53 Å². The summed E-state index contributed by atoms with van der Waals surface area (Å²) in [5.74, 6) is 0.160. The number of carbonyl (C=O) groups excluding carboxylic acids is 1. The fourth-order valence-corrected chi connectivity index (χ4v) is 2.67. The molecule has 0 aliphatic heterocycles. The van der Waals surface area contributed by atoms with Crippen molar-refractivity contribution in [3.05, 3.63) is 40.4 Å². The predicted molar refractivity (Wildman–Crippen MR) is 76.0 cm³/mol. The Bertz CT molecular complexity index is 474. The second kappa shape index (κ2) is 4.88. The van der Waals surface area contributed by atoms with E-state index in [1.165, 1.54) is 7.11 Å². The Morgan fingerprint density at radius 3 is 2.50 bits per heavy atom. The van der Waals surface area contributed by atoms with Gasteiger partial charge in [-0.1, -0.05) is 54.1 Å². The van der Waals surface area contributed by atoms with Crippen molar-refractivity contribution in [1.82, 2.24) is 0 Å². The Kier molecular flexibility index (Phi) is 3.62. The molecule has 2 rings (SSSR count). The predicted octanol–water partition coefficient (Wildman–Crippen LogP) is 3.91. The molecule has 0 radical (unpaired) electrons. The molecule has 1 aliphatic rings. The van der Waals surface area contributed by atoms with Gasteiger partial charge in [-0.25, -0.2) is 0 Å². The zero-order chi connectivity index (χ0) is 13.3. The minimum absolute atomic E-state index is 0.00537. The molecule has 2 atom stereocenters. The molecule has 2 nitrogen and oxygen atoms in total. The molecule has 18 heavy (non-hydrogen) atoms. The third-order valence-corrected chi connectivity index (χ3v) is 4.26. The first kappa shape index (κ1) is 13.3. The first-order valence-electron chi connectivity index (χ1n) is 5.98. The molecule has 0 saturated heterocycles. The van der Waals surface area contributed by atoms with Crippen molar-refractivity contribution in [3.8, 4) is 0 Å². The van der Waals surface area contributed by atoms with Crippen LogP contribution in [-0.2, 0) is 9.53 Å². The van der Waals surface area contributed by atoms with E-state index in [-0.39, 0.29) is 23.2 Å². The van der Waals surface area contributed by atoms with E-state index in [1.54, 1.807) is 0 Å². The molecule has 0 amide bonds. The normalized spacial score (nSPS) is 25.1. The Labute approximate surface area is 116 Å². The van der Waals surface area contributed by atoms with Crippen LogP contribution in [0, 0.1) is 17.3 Å². The maximum Gasteiger partial charge on any atom is 0.309 e. The Morgan fingerprint density at radius 1 is 1.33 bits per heavy atom. The van der Waals surface area contributed by atoms with E-state index >= 15 is 0 Å². The molecule has 0 aromatic heterocycles. The van der Waals surface area contributed by atoms with Crippen LogP contribution in [0.1, 0.15) is 19.4 Å². The quantitative estimate of drug-likeness (QED) is 0.791. The lowest BCUT2D eigenvalue weighted by molar-refractivity contribution is -0.143. The standard InChI is InChI=1S/C15H17BrO2/c1-15(2)12(13(15)14(17)18-3)9-6-10-4-7-11(16)8-5-10/h4-9,12-13H,1-3H3/b9-6-/t12-,13+/m0/s1. The molecule has 0 heterocycles. The van der Waals surface area contributed by atoms with E-state index in [4.69, 9.17) is 4.74 Å². The molecule has 96 valence electrons. The Morgan fingerprint density at radius 2 is 1.94 bits per heavy atom. The van der Waals surface area contributed by atoms with Crippen LogP contribution in [0.25, 0.3) is 6.08 Å². The van der Waals surface area contributed by atoms with Gasteiger partial charge in [-0.15, -0.1) is 0 Å². The molecule has 1 fully saturated rings. The van der Waals surface area contributed by atoms with Gasteiger partial charge in [0, 0.05) is 4.47 Å². The van der Waals surface area contributed by atoms with Gasteiger partial charge in [0.2, 0.25) is 0 Å². The zero-order valence-corrected chi connectivity index (χ0v) is 12.4. The van der Waals surface area contributed by atoms with Gasteiger partial charge in [0.15, 0.2) is 0 Å². The van der Waals surface area contributed by atoms with Crippen molar-refractivity contribution >= 4 is 28.0 Å². The highest BCUT2D eigenvalue weighted by Crippen LogP contribution is 2.59. The number of halogens is 1. The fraction of sp³-hybridized carbons (Fsp3) is 0.400. The summed E-state index contributed by atoms with van der Waals surface area (Å²) in [5, 5.41) is 0. The maximum absolute atomic E-state index is 11.6. The molecular weight excluding hydrogens is 292 g/mol. The lowest BCUT2D eigenvalue weighted by atomic mass is 10.1. The number of hydrogen-bond donors (Lipinski definition) is 0. The van der Waals surface area contributed by atoms with Gasteiger partial charge in [-0.05, 0) is 29.0 Å². The molecule has 1 saturated carbocycles. The molecule has 1 aromatic rings. The van der Waals surface area contributed by atoms with Gasteiger partial charge in [0.05, 0.1) is 13.0 Å². The summed E-state index contributed by atoms with van der Waals surface area (Å²) in [5.41, 5.74) is 1.16. The van der Waals surface area contributed by atoms with Crippen molar-refractivity contribution in [2.45, 2.75) is 13.8 Å². The topological polar surface area (TPSA) is 26.3 Å². The highest BCUT2D eigenvalue weighted by molar-refractivity contribution is 9.10. The van der Waals surface area contributed by atoms with Crippen LogP contribution in [-0.4, -0.2) is 13.1 Å². The first-order valence-corrected chi connectivity index (χ1v) is 6.77. The smallest absolute Gasteiger partial charge is 0.309 e. The largest absolute Gasteiger partial charge is 0.469 e. The summed E-state index contributed by atoms with van der Waals surface area (Å²) in [6.45, 7) is 4.20. The van der Waals surface area contributed by atoms with Crippen LogP contribution in [0.5, 0.6) is 0 Å². The number of carbonyl (C=O) groups is 1. The molecule has 0 unspecified atom stereocenters. The lowest BCUT2D eigenvalue weighted by Gasteiger charge is -1.99. The van der Waals surface area contributed by atoms with Crippen LogP contribution in [0.2, 0.25) is 0 Å². The summed E-state index contributed by atoms with van der Waals surface area (Å²) in [6, 6.07) is 8.11. The lowest BCUT2D eigenvalue weighted by Crippen LogP contribution is -2.07. The molecular formula is C15H17BrO2. The van der Waals surface area contributed by atoms with E-state index in [9.17, 15) is 4.79 Å². The summed E-state index contributed by atoms with van der Waals surface area (Å²) in [4.78, 5) is 11.6. The van der Waals surface area contributed by atoms with Gasteiger partial charge in [0.25, 0.3) is 0 Å². The second-order valence-corrected chi connectivity index (χ2v) is 6.17. The van der Waals surface area contributed by atoms with E-state index in [2.05, 4.69) is 41.9 Å². The minimum atomic E-state index is -0.106. The van der Waals surface area contributed by atoms with Crippen molar-refractivity contribution in [1.29, 1.82) is 0 Å². The number of rotatable bonds is 3. The zero-order valence-electron chi connectivity index (χ0n) is 10.8. The first-order chi connectivity index (χ1) is 8.46. The van der Waals surface area contributed by atoms with Crippen molar-refractivity contribution in [2.75, 3.05) is 7.11 Å². The molecule has 1 aromatic carbocycles. The van der Waals surface area contributed by atoms with Crippen LogP contribution in [0.3, 0.4) is 0 Å². The third kappa shape index (κ3) is 2.51. The Balaban J connectivity index is 2.07. The molecule has 0 spiro atoms. The van der Waals surface area contributed by atoms with E-state index < -0.39 is 0 Å². The van der Waals surface area contributed by atoms with Crippen LogP contribution < -0.4 is 0 Å². The van der Waals surface area contributed by atoms with Crippen LogP contribution in [0.15, 0.2) is 34.8 Å². The summed E-state index contributed by atoms with van der Waals surface area (Å²) < 4.78 is 5.90. The fourth-order valence-electron chi connectivity index (χ4n) is 2.40. The van der Waals surface area contributed by atoms with E-state index in [0.717, 1.165) is 10.0 Å². The Hall–Kier alpha value is -1.09. The van der Waals surface area contributed by atoms with Gasteiger partial charge in [-0.2, -0.15) is 0 Å². The number of ether oxygens (including phenoxy) is 1. The average Bonchev–Trinajstić information content (AvgIpc) is 2.89. The van der Waals surface area contributed by atoms with E-state index in [0.29, 0.717) is 0 Å². The third-order valence-electron chi connectivity index (χ3n) is 3.73. The highest BCUT2D eigenvalue weighted by Gasteiger charge is 2.61. The number of allylic oxidation sites excluding steroid dienone is 1. The average molecular weight is 309 g/mol. The van der Waals surface area contributed by atoms with Crippen LogP contribution in [0.4, 0.5) is 0 Å². The van der Waals surface area contributed by atoms with Gasteiger partial charge < -0.3 is 4.74 Å². The summed E-state index contributed by atoms with van der Waals surface area (Å²) in [6.07, 6.45) is 4.19. The monoisotopic (exact) mass is 308 g/mol. The summed E-state index contributed by atoms with van der Waals surface area (Å²) in [7, 11) is 1.45. The number of hydrogen-bond acceptors (Lipinski definition) is 2.